The molecule has 23 heteroatoms. The Kier molecular flexibility index (Phi) is 18.5. The standard InChI is InChI=1S/C25H32BrN2O.2C9H6N4O4S.Co/c1-7-25(4)21-16-19(26)12-14-22(21)27(5)24(25)15-11-18-10-13-20(17-23(18)29-6)28(8-2)9-3;2*14-5-1-2-6(7(15)3-5)11-12-9-10-4-8(18-9)13(16)17;/h10-17H,7-9H2,1-6H3;2*1-4H,(H2,10,12,14,15);/q+1;;;/p-2. The van der Waals surface area contributed by atoms with Gasteiger partial charge < -0.3 is 40.0 Å². The number of methoxy groups -OCH3 is 1. The van der Waals surface area contributed by atoms with Crippen LogP contribution in [0, 0.1) is 20.2 Å². The van der Waals surface area contributed by atoms with Crippen LogP contribution >= 0.6 is 38.6 Å². The second kappa shape index (κ2) is 23.5. The molecule has 1 aliphatic heterocycles. The average Bonchev–Trinajstić information content (AvgIpc) is 4.02. The molecular formula is C43H42BrCoN10O9S2-. The van der Waals surface area contributed by atoms with Gasteiger partial charge in [0, 0.05) is 104 Å². The number of ether oxygens (including phenoxy) is 1. The van der Waals surface area contributed by atoms with Crippen molar-refractivity contribution in [1.29, 1.82) is 0 Å². The molecule has 0 saturated heterocycles. The number of anilines is 1. The molecule has 1 radical (unpaired) electrons. The molecule has 2 N–H and O–H groups in total. The molecule has 347 valence electrons. The van der Waals surface area contributed by atoms with Gasteiger partial charge >= 0.3 is 10.0 Å². The van der Waals surface area contributed by atoms with Crippen LogP contribution in [-0.4, -0.2) is 80.6 Å². The summed E-state index contributed by atoms with van der Waals surface area (Å²) in [5.74, 6) is -0.410. The molecule has 4 aromatic rings. The Bertz CT molecular complexity index is 2800. The van der Waals surface area contributed by atoms with E-state index in [0.717, 1.165) is 82.5 Å². The number of hydrogen-bond acceptors (Lipinski definition) is 16. The second-order valence-electron chi connectivity index (χ2n) is 13.9. The first-order valence-corrected chi connectivity index (χ1v) is 22.0. The number of carbonyl (C=O) groups excluding carboxylic acids is 2. The number of nitro groups is 2. The zero-order valence-electron chi connectivity index (χ0n) is 36.1. The molecule has 0 bridgehead atoms. The van der Waals surface area contributed by atoms with Gasteiger partial charge in [-0.15, -0.1) is 0 Å². The number of halogens is 1. The minimum Gasteiger partial charge on any atom is -0.506 e. The van der Waals surface area contributed by atoms with E-state index in [0.29, 0.717) is 0 Å². The van der Waals surface area contributed by atoms with Crippen LogP contribution < -0.4 is 29.2 Å². The van der Waals surface area contributed by atoms with Crippen molar-refractivity contribution >= 4 is 94.8 Å². The summed E-state index contributed by atoms with van der Waals surface area (Å²) in [7, 11) is 3.91. The van der Waals surface area contributed by atoms with Gasteiger partial charge in [0.15, 0.2) is 17.3 Å². The molecule has 2 aliphatic carbocycles. The Balaban J connectivity index is 0.000000225. The first-order valence-electron chi connectivity index (χ1n) is 19.6. The zero-order chi connectivity index (χ0) is 47.4. The van der Waals surface area contributed by atoms with Gasteiger partial charge in [-0.3, -0.25) is 40.0 Å². The van der Waals surface area contributed by atoms with Crippen LogP contribution in [0.4, 0.5) is 21.4 Å². The Morgan fingerprint density at radius 1 is 0.833 bits per heavy atom. The van der Waals surface area contributed by atoms with E-state index in [4.69, 9.17) is 4.74 Å². The Morgan fingerprint density at radius 2 is 1.36 bits per heavy atom. The molecule has 2 aromatic heterocycles. The van der Waals surface area contributed by atoms with Crippen molar-refractivity contribution < 1.29 is 55.7 Å². The SMILES string of the molecule is CCN(CC)c1ccc(/C=C/C2=[N+](C)c3ccc(Br)cc3C2(C)CC)c(OC)c1.O=C1C=CC(=NN=c2[n-]cc([N+](=O)[O-])s2)C(O)=C1.O=C1C=CC(=NN=c2[n-]cc([N+](=O)[O-])s2)C(O)=C1.[Co]. The number of aliphatic hydroxyl groups is 2. The molecule has 19 nitrogen and oxygen atoms in total. The van der Waals surface area contributed by atoms with Crippen molar-refractivity contribution in [3.63, 3.8) is 0 Å². The summed E-state index contributed by atoms with van der Waals surface area (Å²) in [5.41, 5.74) is 6.42. The van der Waals surface area contributed by atoms with Gasteiger partial charge in [0.1, 0.15) is 35.7 Å². The number of aliphatic hydroxyl groups excluding tert-OH is 2. The predicted octanol–water partition coefficient (Wildman–Crippen LogP) is 7.31. The van der Waals surface area contributed by atoms with Crippen LogP contribution in [0.1, 0.15) is 45.2 Å². The van der Waals surface area contributed by atoms with Crippen molar-refractivity contribution in [2.45, 2.75) is 39.5 Å². The number of benzene rings is 2. The molecule has 7 rings (SSSR count). The number of aromatic nitrogens is 2. The topological polar surface area (TPSA) is 254 Å². The molecule has 66 heavy (non-hydrogen) atoms. The summed E-state index contributed by atoms with van der Waals surface area (Å²) in [6, 6.07) is 13.1. The first kappa shape index (κ1) is 52.0. The van der Waals surface area contributed by atoms with Gasteiger partial charge in [0.2, 0.25) is 5.69 Å². The van der Waals surface area contributed by atoms with Gasteiger partial charge in [-0.25, -0.2) is 0 Å². The van der Waals surface area contributed by atoms with Crippen LogP contribution in [0.25, 0.3) is 6.08 Å². The van der Waals surface area contributed by atoms with E-state index in [2.05, 4.69) is 139 Å². The molecular weight excluding hydrogens is 1000 g/mol. The van der Waals surface area contributed by atoms with Gasteiger partial charge in [-0.1, -0.05) is 45.5 Å². The third-order valence-corrected chi connectivity index (χ3v) is 12.2. The summed E-state index contributed by atoms with van der Waals surface area (Å²) < 4.78 is 9.16. The Labute approximate surface area is 404 Å². The van der Waals surface area contributed by atoms with Crippen molar-refractivity contribution in [2.24, 2.45) is 20.4 Å². The van der Waals surface area contributed by atoms with E-state index in [9.17, 15) is 40.0 Å². The average molecular weight is 1050 g/mol. The fraction of sp³-hybridized carbons (Fsp3) is 0.233. The Morgan fingerprint density at radius 3 is 1.80 bits per heavy atom. The second-order valence-corrected chi connectivity index (χ2v) is 16.8. The van der Waals surface area contributed by atoms with Gasteiger partial charge in [-0.2, -0.15) is 4.58 Å². The molecule has 2 aromatic carbocycles. The van der Waals surface area contributed by atoms with E-state index in [1.807, 2.05) is 0 Å². The maximum absolute atomic E-state index is 10.9. The van der Waals surface area contributed by atoms with E-state index in [1.165, 1.54) is 47.0 Å². The number of carbonyl (C=O) groups is 2. The fourth-order valence-electron chi connectivity index (χ4n) is 6.48. The smallest absolute Gasteiger partial charge is 0.319 e. The molecule has 3 aliphatic rings. The van der Waals surface area contributed by atoms with Crippen LogP contribution in [-0.2, 0) is 31.8 Å². The van der Waals surface area contributed by atoms with Crippen LogP contribution in [0.5, 0.6) is 5.75 Å². The molecule has 0 saturated carbocycles. The third-order valence-electron chi connectivity index (χ3n) is 10.0. The Hall–Kier alpha value is -6.66. The quantitative estimate of drug-likeness (QED) is 0.0649. The number of rotatable bonds is 11. The van der Waals surface area contributed by atoms with Crippen LogP contribution in [0.15, 0.2) is 128 Å². The number of allylic oxidation sites excluding steroid dienone is 7. The summed E-state index contributed by atoms with van der Waals surface area (Å²) >= 11 is 5.15. The van der Waals surface area contributed by atoms with E-state index in [-0.39, 0.29) is 76.3 Å². The molecule has 3 heterocycles. The predicted molar refractivity (Wildman–Crippen MR) is 253 cm³/mol. The van der Waals surface area contributed by atoms with Crippen LogP contribution in [0.3, 0.4) is 0 Å². The van der Waals surface area contributed by atoms with Crippen molar-refractivity contribution in [1.82, 2.24) is 9.97 Å². The van der Waals surface area contributed by atoms with Crippen molar-refractivity contribution in [3.05, 3.63) is 148 Å². The molecule has 1 atom stereocenters. The van der Waals surface area contributed by atoms with E-state index in [1.54, 1.807) is 7.11 Å². The van der Waals surface area contributed by atoms with Crippen molar-refractivity contribution in [3.8, 4) is 5.75 Å². The first-order chi connectivity index (χ1) is 31.0. The number of nitrogens with zero attached hydrogens (tertiary/aromatic N) is 10. The van der Waals surface area contributed by atoms with E-state index < -0.39 is 9.85 Å². The number of ketones is 2. The third kappa shape index (κ3) is 12.8. The fourth-order valence-corrected chi connectivity index (χ4v) is 7.95. The zero-order valence-corrected chi connectivity index (χ0v) is 40.4. The summed E-state index contributed by atoms with van der Waals surface area (Å²) in [6.07, 6.45) is 14.6. The summed E-state index contributed by atoms with van der Waals surface area (Å²) in [4.78, 5) is 51.3. The number of hydrogen-bond donors (Lipinski definition) is 2. The maximum atomic E-state index is 10.9. The number of fused-ring (bicyclic) bond motifs is 1. The van der Waals surface area contributed by atoms with Gasteiger partial charge in [-0.05, 0) is 81.8 Å². The molecule has 0 fully saturated rings. The minimum atomic E-state index is -0.583. The molecule has 0 spiro atoms. The number of thiazole rings is 2. The normalized spacial score (nSPS) is 18.0. The summed E-state index contributed by atoms with van der Waals surface area (Å²) in [5, 5.41) is 53.9. The summed E-state index contributed by atoms with van der Waals surface area (Å²) in [6.45, 7) is 10.9. The monoisotopic (exact) mass is 1040 g/mol. The maximum Gasteiger partial charge on any atom is 0.319 e. The van der Waals surface area contributed by atoms with Gasteiger partial charge in [0.05, 0.1) is 22.4 Å². The minimum absolute atomic E-state index is 0. The molecule has 0 amide bonds. The van der Waals surface area contributed by atoms with Crippen LogP contribution in [0.2, 0.25) is 0 Å². The van der Waals surface area contributed by atoms with Gasteiger partial charge in [0.25, 0.3) is 0 Å². The van der Waals surface area contributed by atoms with E-state index >= 15 is 0 Å². The largest absolute Gasteiger partial charge is 0.506 e. The molecule has 1 unspecified atom stereocenters. The van der Waals surface area contributed by atoms with Crippen molar-refractivity contribution in [2.75, 3.05) is 32.1 Å².